The standard InChI is InChI=1S/C13H20IN3O/c1-17(2)9-5-3-4-8-15-13(18)12-7-6-11(14)10-16-12/h6-7,10H,3-5,8-9H2,1-2H3,(H,15,18)/i14-3. The first-order valence-corrected chi connectivity index (χ1v) is 7.22. The molecule has 0 aromatic carbocycles. The fourth-order valence-electron chi connectivity index (χ4n) is 1.53. The van der Waals surface area contributed by atoms with Crippen LogP contribution in [0.2, 0.25) is 0 Å². The molecular weight excluding hydrogens is 338 g/mol. The summed E-state index contributed by atoms with van der Waals surface area (Å²) in [6.07, 6.45) is 5.03. The van der Waals surface area contributed by atoms with Gasteiger partial charge in [-0.15, -0.1) is 0 Å². The van der Waals surface area contributed by atoms with Gasteiger partial charge in [-0.25, -0.2) is 4.98 Å². The number of nitrogens with zero attached hydrogens (tertiary/aromatic N) is 2. The molecule has 1 aromatic heterocycles. The molecule has 0 bridgehead atoms. The molecule has 0 saturated carbocycles. The summed E-state index contributed by atoms with van der Waals surface area (Å²) >= 11 is 2.17. The maximum atomic E-state index is 11.7. The SMILES string of the molecule is CN(C)CCCCCNC(=O)c1ccc([124I])cn1. The highest BCUT2D eigenvalue weighted by atomic mass is 124. The number of unbranched alkanes of at least 4 members (excludes halogenated alkanes) is 2. The highest BCUT2D eigenvalue weighted by molar-refractivity contribution is 14.1. The quantitative estimate of drug-likeness (QED) is 0.600. The number of carbonyl (C=O) groups is 1. The zero-order valence-corrected chi connectivity index (χ0v) is 13.1. The van der Waals surface area contributed by atoms with E-state index in [1.165, 1.54) is 6.42 Å². The van der Waals surface area contributed by atoms with Crippen LogP contribution in [0, 0.1) is 3.57 Å². The van der Waals surface area contributed by atoms with Gasteiger partial charge in [-0.3, -0.25) is 4.79 Å². The molecule has 0 fully saturated rings. The number of carbonyl (C=O) groups excluding carboxylic acids is 1. The molecule has 0 atom stereocenters. The maximum absolute atomic E-state index is 11.7. The third kappa shape index (κ3) is 6.30. The Kier molecular flexibility index (Phi) is 7.19. The van der Waals surface area contributed by atoms with Crippen molar-refractivity contribution in [3.63, 3.8) is 0 Å². The van der Waals surface area contributed by atoms with Gasteiger partial charge in [0.1, 0.15) is 5.69 Å². The van der Waals surface area contributed by atoms with Crippen LogP contribution in [-0.4, -0.2) is 43.0 Å². The molecule has 1 heterocycles. The molecule has 5 heteroatoms. The number of halogens is 1. The fraction of sp³-hybridized carbons (Fsp3) is 0.538. The average molecular weight is 358 g/mol. The summed E-state index contributed by atoms with van der Waals surface area (Å²) in [5.41, 5.74) is 0.490. The monoisotopic (exact) mass is 358 g/mol. The topological polar surface area (TPSA) is 45.2 Å². The molecule has 1 aromatic rings. The van der Waals surface area contributed by atoms with E-state index in [0.717, 1.165) is 29.5 Å². The molecule has 0 saturated heterocycles. The summed E-state index contributed by atoms with van der Waals surface area (Å²) in [5.74, 6) is -0.0843. The van der Waals surface area contributed by atoms with Gasteiger partial charge in [0, 0.05) is 16.3 Å². The van der Waals surface area contributed by atoms with E-state index in [1.807, 2.05) is 6.07 Å². The van der Waals surface area contributed by atoms with Crippen molar-refractivity contribution < 1.29 is 4.79 Å². The van der Waals surface area contributed by atoms with Crippen LogP contribution in [0.5, 0.6) is 0 Å². The van der Waals surface area contributed by atoms with Gasteiger partial charge in [0.2, 0.25) is 0 Å². The van der Waals surface area contributed by atoms with E-state index < -0.39 is 0 Å². The molecule has 0 radical (unpaired) electrons. The van der Waals surface area contributed by atoms with E-state index in [-0.39, 0.29) is 5.91 Å². The minimum atomic E-state index is -0.0843. The summed E-state index contributed by atoms with van der Waals surface area (Å²) in [6.45, 7) is 1.83. The van der Waals surface area contributed by atoms with Crippen molar-refractivity contribution in [3.8, 4) is 0 Å². The van der Waals surface area contributed by atoms with Crippen LogP contribution in [0.4, 0.5) is 0 Å². The van der Waals surface area contributed by atoms with Crippen LogP contribution in [-0.2, 0) is 0 Å². The van der Waals surface area contributed by atoms with Crippen molar-refractivity contribution in [3.05, 3.63) is 27.6 Å². The number of rotatable bonds is 7. The van der Waals surface area contributed by atoms with Gasteiger partial charge < -0.3 is 10.2 Å². The van der Waals surface area contributed by atoms with Gasteiger partial charge in [0.25, 0.3) is 5.91 Å². The molecule has 0 aliphatic carbocycles. The Morgan fingerprint density at radius 2 is 2.11 bits per heavy atom. The second-order valence-electron chi connectivity index (χ2n) is 4.48. The van der Waals surface area contributed by atoms with E-state index in [2.05, 4.69) is 51.9 Å². The van der Waals surface area contributed by atoms with Crippen molar-refractivity contribution in [1.82, 2.24) is 15.2 Å². The zero-order chi connectivity index (χ0) is 13.4. The second kappa shape index (κ2) is 8.42. The van der Waals surface area contributed by atoms with Crippen LogP contribution in [0.3, 0.4) is 0 Å². The van der Waals surface area contributed by atoms with Gasteiger partial charge >= 0.3 is 0 Å². The lowest BCUT2D eigenvalue weighted by Crippen LogP contribution is -2.25. The Morgan fingerprint density at radius 3 is 2.72 bits per heavy atom. The number of pyridine rings is 1. The number of hydrogen-bond acceptors (Lipinski definition) is 3. The van der Waals surface area contributed by atoms with Crippen LogP contribution < -0.4 is 5.32 Å². The molecule has 0 spiro atoms. The first-order chi connectivity index (χ1) is 8.59. The first-order valence-electron chi connectivity index (χ1n) is 6.14. The van der Waals surface area contributed by atoms with Crippen molar-refractivity contribution in [2.75, 3.05) is 27.2 Å². The van der Waals surface area contributed by atoms with Gasteiger partial charge in [-0.2, -0.15) is 0 Å². The number of amides is 1. The zero-order valence-electron chi connectivity index (χ0n) is 10.9. The van der Waals surface area contributed by atoms with Crippen molar-refractivity contribution in [1.29, 1.82) is 0 Å². The average Bonchev–Trinajstić information content (AvgIpc) is 2.34. The summed E-state index contributed by atoms with van der Waals surface area (Å²) in [6, 6.07) is 3.64. The van der Waals surface area contributed by atoms with Gasteiger partial charge in [0.15, 0.2) is 0 Å². The number of hydrogen-bond donors (Lipinski definition) is 1. The maximum Gasteiger partial charge on any atom is 0.269 e. The molecule has 0 aliphatic heterocycles. The second-order valence-corrected chi connectivity index (χ2v) is 5.73. The highest BCUT2D eigenvalue weighted by Gasteiger charge is 2.05. The number of nitrogens with one attached hydrogen (secondary N) is 1. The minimum absolute atomic E-state index is 0.0843. The summed E-state index contributed by atoms with van der Waals surface area (Å²) in [5, 5.41) is 2.89. The predicted octanol–water partition coefficient (Wildman–Crippen LogP) is 2.15. The molecule has 100 valence electrons. The van der Waals surface area contributed by atoms with E-state index in [0.29, 0.717) is 5.69 Å². The highest BCUT2D eigenvalue weighted by Crippen LogP contribution is 2.03. The van der Waals surface area contributed by atoms with Crippen LogP contribution in [0.1, 0.15) is 29.8 Å². The summed E-state index contributed by atoms with van der Waals surface area (Å²) in [7, 11) is 4.15. The van der Waals surface area contributed by atoms with Crippen LogP contribution in [0.25, 0.3) is 0 Å². The van der Waals surface area contributed by atoms with E-state index in [9.17, 15) is 4.79 Å². The van der Waals surface area contributed by atoms with Gasteiger partial charge in [-0.1, -0.05) is 6.42 Å². The summed E-state index contributed by atoms with van der Waals surface area (Å²) in [4.78, 5) is 18.0. The normalized spacial score (nSPS) is 10.7. The molecule has 1 amide bonds. The first kappa shape index (κ1) is 15.4. The largest absolute Gasteiger partial charge is 0.351 e. The minimum Gasteiger partial charge on any atom is -0.351 e. The molecular formula is C13H20IN3O. The van der Waals surface area contributed by atoms with Crippen molar-refractivity contribution >= 4 is 28.5 Å². The Hall–Kier alpha value is -0.690. The van der Waals surface area contributed by atoms with E-state index >= 15 is 0 Å². The van der Waals surface area contributed by atoms with Gasteiger partial charge in [0.05, 0.1) is 0 Å². The fourth-order valence-corrected chi connectivity index (χ4v) is 1.85. The lowest BCUT2D eigenvalue weighted by Gasteiger charge is -2.09. The smallest absolute Gasteiger partial charge is 0.269 e. The van der Waals surface area contributed by atoms with E-state index in [1.54, 1.807) is 12.3 Å². The number of aromatic nitrogens is 1. The Bertz CT molecular complexity index is 365. The lowest BCUT2D eigenvalue weighted by atomic mass is 10.2. The Labute approximate surface area is 122 Å². The third-order valence-electron chi connectivity index (χ3n) is 2.53. The third-order valence-corrected chi connectivity index (χ3v) is 3.17. The van der Waals surface area contributed by atoms with Crippen LogP contribution in [0.15, 0.2) is 18.3 Å². The molecule has 0 aliphatic rings. The predicted molar refractivity (Wildman–Crippen MR) is 81.7 cm³/mol. The molecule has 1 N–H and O–H groups in total. The molecule has 0 unspecified atom stereocenters. The van der Waals surface area contributed by atoms with Gasteiger partial charge in [-0.05, 0) is 68.2 Å². The Balaban J connectivity index is 2.16. The Morgan fingerprint density at radius 1 is 1.33 bits per heavy atom. The lowest BCUT2D eigenvalue weighted by molar-refractivity contribution is 0.0948. The van der Waals surface area contributed by atoms with Crippen molar-refractivity contribution in [2.45, 2.75) is 19.3 Å². The molecule has 18 heavy (non-hydrogen) atoms. The van der Waals surface area contributed by atoms with Crippen molar-refractivity contribution in [2.24, 2.45) is 0 Å². The summed E-state index contributed by atoms with van der Waals surface area (Å²) < 4.78 is 1.04. The molecule has 4 nitrogen and oxygen atoms in total. The molecule has 1 rings (SSSR count). The van der Waals surface area contributed by atoms with Crippen LogP contribution >= 0.6 is 22.6 Å². The van der Waals surface area contributed by atoms with E-state index in [4.69, 9.17) is 0 Å².